The van der Waals surface area contributed by atoms with Crippen molar-refractivity contribution in [1.82, 2.24) is 0 Å². The molecule has 0 aliphatic heterocycles. The average Bonchev–Trinajstić information content (AvgIpc) is 1.89. The van der Waals surface area contributed by atoms with E-state index >= 15 is 0 Å². The van der Waals surface area contributed by atoms with E-state index in [-0.39, 0.29) is 81.7 Å². The molecule has 0 spiro atoms. The molecule has 0 saturated carbocycles. The molecule has 0 saturated heterocycles. The van der Waals surface area contributed by atoms with Crippen molar-refractivity contribution in [3.05, 3.63) is 0 Å². The minimum atomic E-state index is -0.643. The molecule has 0 aromatic heterocycles. The van der Waals surface area contributed by atoms with E-state index in [2.05, 4.69) is 6.92 Å². The first-order valence-corrected chi connectivity index (χ1v) is 3.95. The predicted octanol–water partition coefficient (Wildman–Crippen LogP) is 3.97. The molecule has 0 heterocycles. The molecule has 0 aromatic carbocycles. The predicted molar refractivity (Wildman–Crippen MR) is 69.9 cm³/mol. The van der Waals surface area contributed by atoms with Crippen LogP contribution in [0.25, 0.3) is 0 Å². The fraction of sp³-hybridized carbons (Fsp3) is 0.875. The fourth-order valence-corrected chi connectivity index (χ4v) is 0.953. The molecular formula is C8H20Cl4O2Zr. The molecule has 0 aliphatic rings. The Morgan fingerprint density at radius 3 is 1.73 bits per heavy atom. The van der Waals surface area contributed by atoms with Crippen LogP contribution in [0.5, 0.6) is 0 Å². The number of carboxylic acid groups (broad SMARTS) is 1. The first kappa shape index (κ1) is 36.0. The molecule has 1 N–H and O–H groups in total. The maximum absolute atomic E-state index is 10.4. The minimum Gasteiger partial charge on any atom is -0.481 e. The summed E-state index contributed by atoms with van der Waals surface area (Å²) in [4.78, 5) is 10.4. The molecule has 1 atom stereocenters. The van der Waals surface area contributed by atoms with E-state index in [0.717, 1.165) is 25.7 Å². The molecule has 15 heavy (non-hydrogen) atoms. The van der Waals surface area contributed by atoms with Gasteiger partial charge in [-0.15, -0.1) is 49.6 Å². The van der Waals surface area contributed by atoms with Crippen LogP contribution in [0.3, 0.4) is 0 Å². The average molecular weight is 381 g/mol. The summed E-state index contributed by atoms with van der Waals surface area (Å²) in [5.41, 5.74) is 0. The van der Waals surface area contributed by atoms with Gasteiger partial charge in [0.25, 0.3) is 0 Å². The van der Waals surface area contributed by atoms with Crippen LogP contribution in [0.1, 0.15) is 39.5 Å². The van der Waals surface area contributed by atoms with Crippen molar-refractivity contribution in [3.8, 4) is 0 Å². The Balaban J connectivity index is -0.0000000405. The number of hydrogen-bond donors (Lipinski definition) is 1. The van der Waals surface area contributed by atoms with Gasteiger partial charge < -0.3 is 5.11 Å². The minimum absolute atomic E-state index is 0. The first-order chi connectivity index (χ1) is 4.72. The summed E-state index contributed by atoms with van der Waals surface area (Å²) in [7, 11) is 0. The van der Waals surface area contributed by atoms with Crippen LogP contribution < -0.4 is 0 Å². The van der Waals surface area contributed by atoms with Crippen LogP contribution in [-0.2, 0) is 31.0 Å². The van der Waals surface area contributed by atoms with Crippen LogP contribution in [0, 0.1) is 5.92 Å². The molecule has 7 heteroatoms. The monoisotopic (exact) mass is 378 g/mol. The fourth-order valence-electron chi connectivity index (χ4n) is 0.953. The summed E-state index contributed by atoms with van der Waals surface area (Å²) in [6.07, 6.45) is 3.71. The summed E-state index contributed by atoms with van der Waals surface area (Å²) in [5, 5.41) is 8.60. The Morgan fingerprint density at radius 1 is 1.13 bits per heavy atom. The second kappa shape index (κ2) is 24.7. The third-order valence-corrected chi connectivity index (χ3v) is 1.75. The van der Waals surface area contributed by atoms with Gasteiger partial charge in [-0.2, -0.15) is 0 Å². The van der Waals surface area contributed by atoms with E-state index in [1.165, 1.54) is 0 Å². The van der Waals surface area contributed by atoms with Crippen LogP contribution >= 0.6 is 49.6 Å². The largest absolute Gasteiger partial charge is 0.481 e. The summed E-state index contributed by atoms with van der Waals surface area (Å²) in [6.45, 7) is 4.00. The van der Waals surface area contributed by atoms with Crippen molar-refractivity contribution in [2.24, 2.45) is 5.92 Å². The Bertz CT molecular complexity index is 117. The number of halogens is 4. The molecular weight excluding hydrogens is 361 g/mol. The van der Waals surface area contributed by atoms with Gasteiger partial charge in [0, 0.05) is 26.2 Å². The van der Waals surface area contributed by atoms with Gasteiger partial charge in [-0.3, -0.25) is 4.79 Å². The molecule has 0 bridgehead atoms. The third-order valence-electron chi connectivity index (χ3n) is 1.75. The van der Waals surface area contributed by atoms with Gasteiger partial charge in [-0.25, -0.2) is 0 Å². The van der Waals surface area contributed by atoms with E-state index < -0.39 is 5.97 Å². The quantitative estimate of drug-likeness (QED) is 0.783. The van der Waals surface area contributed by atoms with Gasteiger partial charge >= 0.3 is 5.97 Å². The number of unbranched alkanes of at least 4 members (excludes halogenated alkanes) is 1. The van der Waals surface area contributed by atoms with Gasteiger partial charge in [-0.1, -0.05) is 26.7 Å². The van der Waals surface area contributed by atoms with Crippen LogP contribution in [0.15, 0.2) is 0 Å². The Morgan fingerprint density at radius 2 is 1.53 bits per heavy atom. The Hall–Kier alpha value is 1.51. The molecule has 0 rings (SSSR count). The number of hydrogen-bond acceptors (Lipinski definition) is 1. The van der Waals surface area contributed by atoms with Gasteiger partial charge in [0.2, 0.25) is 0 Å². The Kier molecular flexibility index (Phi) is 59.1. The summed E-state index contributed by atoms with van der Waals surface area (Å²) < 4.78 is 0. The van der Waals surface area contributed by atoms with E-state index in [1.54, 1.807) is 0 Å². The zero-order valence-electron chi connectivity index (χ0n) is 8.89. The van der Waals surface area contributed by atoms with Gasteiger partial charge in [0.05, 0.1) is 5.92 Å². The van der Waals surface area contributed by atoms with Gasteiger partial charge in [0.1, 0.15) is 0 Å². The number of rotatable bonds is 5. The summed E-state index contributed by atoms with van der Waals surface area (Å²) in [5.74, 6) is -0.754. The Labute approximate surface area is 136 Å². The number of carboxylic acids is 1. The van der Waals surface area contributed by atoms with Crippen LogP contribution in [0.2, 0.25) is 0 Å². The van der Waals surface area contributed by atoms with E-state index in [9.17, 15) is 4.79 Å². The number of aliphatic carboxylic acids is 1. The second-order valence-electron chi connectivity index (χ2n) is 2.59. The maximum Gasteiger partial charge on any atom is 0.306 e. The molecule has 0 aliphatic carbocycles. The summed E-state index contributed by atoms with van der Waals surface area (Å²) in [6, 6.07) is 0. The molecule has 1 unspecified atom stereocenters. The number of carbonyl (C=O) groups is 1. The topological polar surface area (TPSA) is 37.3 Å². The molecule has 0 amide bonds. The van der Waals surface area contributed by atoms with E-state index in [1.807, 2.05) is 6.92 Å². The molecule has 0 radical (unpaired) electrons. The second-order valence-corrected chi connectivity index (χ2v) is 2.59. The zero-order chi connectivity index (χ0) is 7.98. The van der Waals surface area contributed by atoms with Crippen LogP contribution in [0.4, 0.5) is 0 Å². The van der Waals surface area contributed by atoms with Gasteiger partial charge in [-0.05, 0) is 12.8 Å². The smallest absolute Gasteiger partial charge is 0.306 e. The maximum atomic E-state index is 10.4. The molecule has 96 valence electrons. The zero-order valence-corrected chi connectivity index (χ0v) is 14.6. The van der Waals surface area contributed by atoms with Crippen LogP contribution in [-0.4, -0.2) is 11.1 Å². The molecule has 2 nitrogen and oxygen atoms in total. The summed E-state index contributed by atoms with van der Waals surface area (Å²) >= 11 is 0. The van der Waals surface area contributed by atoms with Crippen molar-refractivity contribution in [2.45, 2.75) is 39.5 Å². The normalized spacial score (nSPS) is 8.67. The van der Waals surface area contributed by atoms with E-state index in [0.29, 0.717) is 0 Å². The van der Waals surface area contributed by atoms with Crippen molar-refractivity contribution in [2.75, 3.05) is 0 Å². The molecule has 0 aromatic rings. The van der Waals surface area contributed by atoms with Crippen molar-refractivity contribution in [1.29, 1.82) is 0 Å². The SMILES string of the molecule is CCCCC(CC)C(=O)O.Cl.Cl.Cl.Cl.[Zr]. The van der Waals surface area contributed by atoms with Crippen molar-refractivity contribution in [3.63, 3.8) is 0 Å². The third kappa shape index (κ3) is 21.4. The standard InChI is InChI=1S/C8H16O2.4ClH.Zr/c1-3-5-6-7(4-2)8(9)10;;;;;/h7H,3-6H2,1-2H3,(H,9,10);4*1H;. The van der Waals surface area contributed by atoms with E-state index in [4.69, 9.17) is 5.11 Å². The van der Waals surface area contributed by atoms with Crippen molar-refractivity contribution < 1.29 is 36.1 Å². The first-order valence-electron chi connectivity index (χ1n) is 3.95. The molecule has 0 fully saturated rings. The van der Waals surface area contributed by atoms with Crippen molar-refractivity contribution >= 4 is 55.6 Å². The van der Waals surface area contributed by atoms with Gasteiger partial charge in [0.15, 0.2) is 0 Å².